The van der Waals surface area contributed by atoms with Gasteiger partial charge in [0.15, 0.2) is 0 Å². The largest absolute Gasteiger partial charge is 0.155 e. The topological polar surface area (TPSA) is 23.1 Å². The summed E-state index contributed by atoms with van der Waals surface area (Å²) in [6.07, 6.45) is 6.89. The van der Waals surface area contributed by atoms with E-state index in [1.807, 2.05) is 0 Å². The Morgan fingerprint density at radius 2 is 1.25 bits per heavy atom. The molecule has 12 heavy (non-hydrogen) atoms. The Hall–Kier alpha value is -0.0800. The Balaban J connectivity index is 3.04. The molecule has 0 aromatic carbocycles. The van der Waals surface area contributed by atoms with E-state index in [-0.39, 0.29) is 0 Å². The average Bonchev–Trinajstić information content (AvgIpc) is 2.06. The van der Waals surface area contributed by atoms with Crippen LogP contribution in [0.5, 0.6) is 0 Å². The van der Waals surface area contributed by atoms with E-state index in [0.717, 1.165) is 25.9 Å². The molecule has 0 aliphatic heterocycles. The smallest absolute Gasteiger partial charge is 0.0271 e. The van der Waals surface area contributed by atoms with E-state index >= 15 is 0 Å². The van der Waals surface area contributed by atoms with Crippen LogP contribution in [0.15, 0.2) is 0 Å². The van der Waals surface area contributed by atoms with Crippen molar-refractivity contribution < 1.29 is 5.21 Å². The molecule has 0 saturated carbocycles. The molecule has 0 aromatic heterocycles. The van der Waals surface area contributed by atoms with Crippen molar-refractivity contribution in [1.82, 2.24) is 5.06 Å². The number of rotatable bonds is 8. The van der Waals surface area contributed by atoms with E-state index in [1.54, 1.807) is 0 Å². The monoisotopic (exact) mass is 172 g/mol. The first-order valence-electron chi connectivity index (χ1n) is 5.23. The Morgan fingerprint density at radius 1 is 0.833 bits per heavy atom. The molecular weight excluding hydrogens is 150 g/mol. The Morgan fingerprint density at radius 3 is 1.58 bits per heavy atom. The van der Waals surface area contributed by atoms with Gasteiger partial charge in [0.05, 0.1) is 0 Å². The molecule has 0 aromatic rings. The molecule has 2 heteroatoms. The summed E-state index contributed by atoms with van der Waals surface area (Å²) in [7, 11) is 0. The molecule has 0 bridgehead atoms. The lowest BCUT2D eigenvalue weighted by Crippen LogP contribution is -2.19. The van der Waals surface area contributed by atoms with Gasteiger partial charge in [-0.25, -0.2) is 0 Å². The van der Waals surface area contributed by atoms with Gasteiger partial charge in [0.25, 0.3) is 0 Å². The van der Waals surface area contributed by atoms with Crippen LogP contribution in [-0.4, -0.2) is 18.2 Å². The normalized spacial score (nSPS) is 11.0. The van der Waals surface area contributed by atoms with E-state index < -0.39 is 0 Å². The van der Waals surface area contributed by atoms with E-state index in [9.17, 15) is 5.21 Å². The first-order chi connectivity index (χ1) is 5.81. The molecule has 0 amide bonds. The van der Waals surface area contributed by atoms with Crippen LogP contribution < -0.4 is 0 Å². The lowest BCUT2D eigenvalue weighted by Gasteiger charge is -2.10. The molecule has 0 N–H and O–H groups in total. The standard InChI is InChI=1S/C10H22NO/c1-3-5-7-9-11(12)10-8-6-4-2/h3-10H2,1-2H3. The fraction of sp³-hybridized carbons (Fsp3) is 1.00. The second-order valence-corrected chi connectivity index (χ2v) is 3.34. The zero-order chi connectivity index (χ0) is 9.23. The van der Waals surface area contributed by atoms with Gasteiger partial charge in [-0.15, -0.1) is 5.21 Å². The van der Waals surface area contributed by atoms with E-state index in [0.29, 0.717) is 0 Å². The molecule has 2 nitrogen and oxygen atoms in total. The number of nitrogens with zero attached hydrogens (tertiary/aromatic N) is 1. The van der Waals surface area contributed by atoms with Crippen molar-refractivity contribution >= 4 is 0 Å². The van der Waals surface area contributed by atoms with Crippen LogP contribution in [0, 0.1) is 0 Å². The van der Waals surface area contributed by atoms with Gasteiger partial charge in [-0.05, 0) is 12.8 Å². The number of hydroxylamine groups is 2. The van der Waals surface area contributed by atoms with Crippen molar-refractivity contribution in [2.45, 2.75) is 52.4 Å². The number of unbranched alkanes of at least 4 members (excludes halogenated alkanes) is 4. The first kappa shape index (κ1) is 11.9. The summed E-state index contributed by atoms with van der Waals surface area (Å²) in [5.74, 6) is 0. The highest BCUT2D eigenvalue weighted by atomic mass is 16.5. The molecule has 0 spiro atoms. The highest BCUT2D eigenvalue weighted by Crippen LogP contribution is 1.99. The summed E-state index contributed by atoms with van der Waals surface area (Å²) < 4.78 is 0. The van der Waals surface area contributed by atoms with Crippen LogP contribution in [-0.2, 0) is 5.21 Å². The van der Waals surface area contributed by atoms with Crippen molar-refractivity contribution in [3.8, 4) is 0 Å². The fourth-order valence-corrected chi connectivity index (χ4v) is 1.19. The highest BCUT2D eigenvalue weighted by molar-refractivity contribution is 4.47. The Bertz CT molecular complexity index is 75.9. The first-order valence-corrected chi connectivity index (χ1v) is 5.23. The molecule has 0 saturated heterocycles. The number of hydrogen-bond acceptors (Lipinski definition) is 1. The van der Waals surface area contributed by atoms with Crippen LogP contribution in [0.1, 0.15) is 52.4 Å². The summed E-state index contributed by atoms with van der Waals surface area (Å²) in [4.78, 5) is 0. The Kier molecular flexibility index (Phi) is 8.95. The average molecular weight is 172 g/mol. The molecule has 0 fully saturated rings. The third kappa shape index (κ3) is 8.02. The van der Waals surface area contributed by atoms with Gasteiger partial charge in [-0.2, -0.15) is 5.06 Å². The lowest BCUT2D eigenvalue weighted by atomic mass is 10.2. The van der Waals surface area contributed by atoms with E-state index in [2.05, 4.69) is 13.8 Å². The van der Waals surface area contributed by atoms with Crippen molar-refractivity contribution in [3.63, 3.8) is 0 Å². The van der Waals surface area contributed by atoms with E-state index in [4.69, 9.17) is 0 Å². The second-order valence-electron chi connectivity index (χ2n) is 3.34. The van der Waals surface area contributed by atoms with Crippen LogP contribution in [0.3, 0.4) is 0 Å². The maximum absolute atomic E-state index is 11.1. The second kappa shape index (κ2) is 9.01. The minimum absolute atomic E-state index is 0.734. The van der Waals surface area contributed by atoms with Gasteiger partial charge in [0, 0.05) is 13.1 Å². The van der Waals surface area contributed by atoms with Crippen molar-refractivity contribution in [3.05, 3.63) is 0 Å². The minimum atomic E-state index is 0.734. The van der Waals surface area contributed by atoms with Crippen LogP contribution in [0.4, 0.5) is 0 Å². The van der Waals surface area contributed by atoms with Gasteiger partial charge >= 0.3 is 0 Å². The molecule has 0 aliphatic rings. The quantitative estimate of drug-likeness (QED) is 0.407. The summed E-state index contributed by atoms with van der Waals surface area (Å²) in [5, 5.41) is 12.3. The molecule has 73 valence electrons. The lowest BCUT2D eigenvalue weighted by molar-refractivity contribution is -0.157. The third-order valence-electron chi connectivity index (χ3n) is 2.02. The zero-order valence-corrected chi connectivity index (χ0v) is 8.51. The van der Waals surface area contributed by atoms with Crippen molar-refractivity contribution in [2.24, 2.45) is 0 Å². The predicted octanol–water partition coefficient (Wildman–Crippen LogP) is 3.01. The summed E-state index contributed by atoms with van der Waals surface area (Å²) in [5.41, 5.74) is 0. The van der Waals surface area contributed by atoms with Gasteiger partial charge in [0.2, 0.25) is 0 Å². The summed E-state index contributed by atoms with van der Waals surface area (Å²) in [6, 6.07) is 0. The summed E-state index contributed by atoms with van der Waals surface area (Å²) in [6.45, 7) is 5.79. The Labute approximate surface area is 76.5 Å². The summed E-state index contributed by atoms with van der Waals surface area (Å²) >= 11 is 0. The molecule has 0 rings (SSSR count). The maximum atomic E-state index is 11.1. The van der Waals surface area contributed by atoms with Crippen LogP contribution >= 0.6 is 0 Å². The van der Waals surface area contributed by atoms with Crippen molar-refractivity contribution in [2.75, 3.05) is 13.1 Å². The molecule has 1 radical (unpaired) electrons. The van der Waals surface area contributed by atoms with Gasteiger partial charge < -0.3 is 0 Å². The van der Waals surface area contributed by atoms with Crippen LogP contribution in [0.25, 0.3) is 0 Å². The van der Waals surface area contributed by atoms with E-state index in [1.165, 1.54) is 30.7 Å². The number of hydrogen-bond donors (Lipinski definition) is 0. The zero-order valence-electron chi connectivity index (χ0n) is 8.51. The fourth-order valence-electron chi connectivity index (χ4n) is 1.19. The molecule has 0 heterocycles. The molecular formula is C10H22NO. The molecule has 0 atom stereocenters. The predicted molar refractivity (Wildman–Crippen MR) is 51.3 cm³/mol. The molecule has 0 aliphatic carbocycles. The molecule has 0 unspecified atom stereocenters. The van der Waals surface area contributed by atoms with Gasteiger partial charge in [-0.3, -0.25) is 0 Å². The third-order valence-corrected chi connectivity index (χ3v) is 2.02. The minimum Gasteiger partial charge on any atom is -0.155 e. The SMILES string of the molecule is CCCCCN([O])CCCCC. The van der Waals surface area contributed by atoms with Crippen LogP contribution in [0.2, 0.25) is 0 Å². The highest BCUT2D eigenvalue weighted by Gasteiger charge is 1.99. The van der Waals surface area contributed by atoms with Gasteiger partial charge in [-0.1, -0.05) is 39.5 Å². The maximum Gasteiger partial charge on any atom is 0.0271 e. The van der Waals surface area contributed by atoms with Gasteiger partial charge in [0.1, 0.15) is 0 Å². The van der Waals surface area contributed by atoms with Crippen molar-refractivity contribution in [1.29, 1.82) is 0 Å².